The highest BCUT2D eigenvalue weighted by Gasteiger charge is 2.20. The lowest BCUT2D eigenvalue weighted by Gasteiger charge is -2.15. The fraction of sp³-hybridized carbons (Fsp3) is 0.172. The molecule has 4 nitrogen and oxygen atoms in total. The molecule has 0 aliphatic heterocycles. The van der Waals surface area contributed by atoms with Gasteiger partial charge in [-0.05, 0) is 52.1 Å². The molecule has 4 heteroatoms. The van der Waals surface area contributed by atoms with Crippen LogP contribution in [0.2, 0.25) is 0 Å². The molecule has 1 unspecified atom stereocenters. The molecule has 0 bridgehead atoms. The van der Waals surface area contributed by atoms with Crippen molar-refractivity contribution >= 4 is 22.5 Å². The van der Waals surface area contributed by atoms with E-state index in [1.54, 1.807) is 12.1 Å². The van der Waals surface area contributed by atoms with Crippen molar-refractivity contribution in [2.24, 2.45) is 5.73 Å². The molecule has 0 heterocycles. The van der Waals surface area contributed by atoms with Crippen LogP contribution in [0.3, 0.4) is 0 Å². The van der Waals surface area contributed by atoms with Gasteiger partial charge < -0.3 is 10.5 Å². The van der Waals surface area contributed by atoms with Gasteiger partial charge in [0.1, 0.15) is 11.5 Å². The summed E-state index contributed by atoms with van der Waals surface area (Å²) in [5, 5.41) is 2.26. The predicted octanol–water partition coefficient (Wildman–Crippen LogP) is 5.15. The lowest BCUT2D eigenvalue weighted by atomic mass is 9.90. The van der Waals surface area contributed by atoms with Crippen molar-refractivity contribution in [1.29, 1.82) is 0 Å². The standard InChI is InChI=1S/C29H27NO3/c1-20-6-2-3-8-24(20)18-29(32)33-26-14-12-23(13-15-26)27(19-30)28(31)17-21-10-11-22-7-4-5-9-25(22)16-21/h2-16,27H,17-19,30H2,1H3. The Kier molecular flexibility index (Phi) is 6.96. The molecule has 4 aromatic carbocycles. The van der Waals surface area contributed by atoms with Crippen molar-refractivity contribution in [2.75, 3.05) is 6.54 Å². The van der Waals surface area contributed by atoms with E-state index in [1.165, 1.54) is 0 Å². The first kappa shape index (κ1) is 22.4. The molecular formula is C29H27NO3. The SMILES string of the molecule is Cc1ccccc1CC(=O)Oc1ccc(C(CN)C(=O)Cc2ccc3ccccc3c2)cc1. The summed E-state index contributed by atoms with van der Waals surface area (Å²) in [6.07, 6.45) is 0.532. The van der Waals surface area contributed by atoms with Gasteiger partial charge in [-0.1, -0.05) is 78.9 Å². The van der Waals surface area contributed by atoms with E-state index in [9.17, 15) is 9.59 Å². The van der Waals surface area contributed by atoms with Crippen LogP contribution in [0.5, 0.6) is 5.75 Å². The van der Waals surface area contributed by atoms with Gasteiger partial charge in [0.2, 0.25) is 0 Å². The summed E-state index contributed by atoms with van der Waals surface area (Å²) < 4.78 is 5.48. The molecule has 0 spiro atoms. The maximum atomic E-state index is 13.0. The van der Waals surface area contributed by atoms with Crippen molar-refractivity contribution < 1.29 is 14.3 Å². The molecule has 2 N–H and O–H groups in total. The summed E-state index contributed by atoms with van der Waals surface area (Å²) in [4.78, 5) is 25.3. The average molecular weight is 438 g/mol. The zero-order valence-electron chi connectivity index (χ0n) is 18.7. The zero-order valence-corrected chi connectivity index (χ0v) is 18.7. The number of nitrogens with two attached hydrogens (primary N) is 1. The normalized spacial score (nSPS) is 11.8. The van der Waals surface area contributed by atoms with Gasteiger partial charge in [0, 0.05) is 13.0 Å². The number of benzene rings is 4. The van der Waals surface area contributed by atoms with Crippen LogP contribution in [0.15, 0.2) is 91.0 Å². The van der Waals surface area contributed by atoms with Crippen LogP contribution >= 0.6 is 0 Å². The van der Waals surface area contributed by atoms with Gasteiger partial charge in [-0.15, -0.1) is 0 Å². The Morgan fingerprint density at radius 1 is 0.818 bits per heavy atom. The number of ketones is 1. The third-order valence-corrected chi connectivity index (χ3v) is 5.93. The molecule has 0 saturated heterocycles. The fourth-order valence-corrected chi connectivity index (χ4v) is 4.03. The van der Waals surface area contributed by atoms with Gasteiger partial charge >= 0.3 is 5.97 Å². The molecule has 33 heavy (non-hydrogen) atoms. The summed E-state index contributed by atoms with van der Waals surface area (Å²) in [5.41, 5.74) is 9.76. The summed E-state index contributed by atoms with van der Waals surface area (Å²) in [7, 11) is 0. The quantitative estimate of drug-likeness (QED) is 0.306. The Bertz CT molecular complexity index is 1280. The smallest absolute Gasteiger partial charge is 0.315 e. The second-order valence-electron chi connectivity index (χ2n) is 8.26. The van der Waals surface area contributed by atoms with Crippen LogP contribution in [-0.2, 0) is 22.4 Å². The third-order valence-electron chi connectivity index (χ3n) is 5.93. The molecule has 4 rings (SSSR count). The maximum absolute atomic E-state index is 13.0. The average Bonchev–Trinajstić information content (AvgIpc) is 2.82. The first-order valence-corrected chi connectivity index (χ1v) is 11.1. The van der Waals surface area contributed by atoms with Crippen molar-refractivity contribution in [3.63, 3.8) is 0 Å². The number of fused-ring (bicyclic) bond motifs is 1. The van der Waals surface area contributed by atoms with E-state index in [2.05, 4.69) is 12.1 Å². The Morgan fingerprint density at radius 2 is 1.52 bits per heavy atom. The number of aryl methyl sites for hydroxylation is 1. The van der Waals surface area contributed by atoms with Crippen molar-refractivity contribution in [1.82, 2.24) is 0 Å². The monoisotopic (exact) mass is 437 g/mol. The van der Waals surface area contributed by atoms with E-state index in [0.29, 0.717) is 12.2 Å². The summed E-state index contributed by atoms with van der Waals surface area (Å²) in [5.74, 6) is -0.208. The van der Waals surface area contributed by atoms with E-state index in [0.717, 1.165) is 33.0 Å². The Balaban J connectivity index is 1.41. The topological polar surface area (TPSA) is 69.4 Å². The molecule has 1 atom stereocenters. The molecule has 0 fully saturated rings. The molecule has 0 saturated carbocycles. The highest BCUT2D eigenvalue weighted by atomic mass is 16.5. The molecule has 0 aliphatic rings. The van der Waals surface area contributed by atoms with Crippen molar-refractivity contribution in [3.05, 3.63) is 113 Å². The first-order chi connectivity index (χ1) is 16.0. The fourth-order valence-electron chi connectivity index (χ4n) is 4.03. The Hall–Kier alpha value is -3.76. The summed E-state index contributed by atoms with van der Waals surface area (Å²) in [6, 6.07) is 29.0. The zero-order chi connectivity index (χ0) is 23.2. The van der Waals surface area contributed by atoms with E-state index < -0.39 is 5.92 Å². The molecule has 0 aromatic heterocycles. The largest absolute Gasteiger partial charge is 0.426 e. The number of Topliss-reactive ketones (excluding diaryl/α,β-unsaturated/α-hetero) is 1. The van der Waals surface area contributed by atoms with Crippen LogP contribution in [0.1, 0.15) is 28.2 Å². The van der Waals surface area contributed by atoms with E-state index in [-0.39, 0.29) is 24.7 Å². The van der Waals surface area contributed by atoms with Gasteiger partial charge in [0.15, 0.2) is 0 Å². The van der Waals surface area contributed by atoms with Crippen LogP contribution in [0.25, 0.3) is 10.8 Å². The van der Waals surface area contributed by atoms with E-state index in [4.69, 9.17) is 10.5 Å². The summed E-state index contributed by atoms with van der Waals surface area (Å²) >= 11 is 0. The molecule has 0 amide bonds. The van der Waals surface area contributed by atoms with Crippen LogP contribution < -0.4 is 10.5 Å². The summed E-state index contributed by atoms with van der Waals surface area (Å²) in [6.45, 7) is 2.19. The lowest BCUT2D eigenvalue weighted by molar-refractivity contribution is -0.133. The number of carbonyl (C=O) groups excluding carboxylic acids is 2. The minimum Gasteiger partial charge on any atom is -0.426 e. The van der Waals surface area contributed by atoms with Crippen molar-refractivity contribution in [2.45, 2.75) is 25.7 Å². The van der Waals surface area contributed by atoms with Gasteiger partial charge in [-0.3, -0.25) is 9.59 Å². The second kappa shape index (κ2) is 10.2. The van der Waals surface area contributed by atoms with Gasteiger partial charge in [0.25, 0.3) is 0 Å². The van der Waals surface area contributed by atoms with Gasteiger partial charge in [-0.2, -0.15) is 0 Å². The lowest BCUT2D eigenvalue weighted by Crippen LogP contribution is -2.23. The molecular weight excluding hydrogens is 410 g/mol. The first-order valence-electron chi connectivity index (χ1n) is 11.1. The number of carbonyl (C=O) groups is 2. The van der Waals surface area contributed by atoms with Gasteiger partial charge in [0.05, 0.1) is 12.3 Å². The van der Waals surface area contributed by atoms with Gasteiger partial charge in [-0.25, -0.2) is 0 Å². The molecule has 166 valence electrons. The number of ether oxygens (including phenoxy) is 1. The minimum absolute atomic E-state index is 0.0667. The van der Waals surface area contributed by atoms with E-state index in [1.807, 2.05) is 73.7 Å². The number of rotatable bonds is 8. The maximum Gasteiger partial charge on any atom is 0.315 e. The Labute approximate surface area is 194 Å². The predicted molar refractivity (Wildman–Crippen MR) is 131 cm³/mol. The van der Waals surface area contributed by atoms with Crippen LogP contribution in [0.4, 0.5) is 0 Å². The van der Waals surface area contributed by atoms with Crippen LogP contribution in [-0.4, -0.2) is 18.3 Å². The van der Waals surface area contributed by atoms with Crippen molar-refractivity contribution in [3.8, 4) is 5.75 Å². The highest BCUT2D eigenvalue weighted by molar-refractivity contribution is 5.90. The second-order valence-corrected chi connectivity index (χ2v) is 8.26. The Morgan fingerprint density at radius 3 is 2.24 bits per heavy atom. The number of esters is 1. The number of hydrogen-bond donors (Lipinski definition) is 1. The molecule has 0 aliphatic carbocycles. The number of hydrogen-bond acceptors (Lipinski definition) is 4. The minimum atomic E-state index is -0.409. The highest BCUT2D eigenvalue weighted by Crippen LogP contribution is 2.23. The van der Waals surface area contributed by atoms with Crippen LogP contribution in [0, 0.1) is 6.92 Å². The van der Waals surface area contributed by atoms with E-state index >= 15 is 0 Å². The third kappa shape index (κ3) is 5.54. The molecule has 4 aromatic rings. The molecule has 0 radical (unpaired) electrons.